The van der Waals surface area contributed by atoms with Crippen LogP contribution in [-0.4, -0.2) is 39.4 Å². The maximum Gasteiger partial charge on any atom is 0.406 e. The molecule has 22 heavy (non-hydrogen) atoms. The fourth-order valence-electron chi connectivity index (χ4n) is 2.71. The van der Waals surface area contributed by atoms with Crippen LogP contribution in [0.5, 0.6) is 0 Å². The van der Waals surface area contributed by atoms with Gasteiger partial charge in [-0.25, -0.2) is 4.79 Å². The molecule has 1 saturated heterocycles. The molecule has 0 radical (unpaired) electrons. The van der Waals surface area contributed by atoms with E-state index in [-0.39, 0.29) is 12.7 Å². The van der Waals surface area contributed by atoms with Gasteiger partial charge in [0.2, 0.25) is 0 Å². The molecule has 1 amide bonds. The first-order valence-electron chi connectivity index (χ1n) is 7.63. The van der Waals surface area contributed by atoms with Gasteiger partial charge in [0.05, 0.1) is 12.7 Å². The van der Waals surface area contributed by atoms with Gasteiger partial charge in [-0.05, 0) is 37.1 Å². The maximum absolute atomic E-state index is 11.1. The van der Waals surface area contributed by atoms with Gasteiger partial charge in [0.25, 0.3) is 0 Å². The largest absolute Gasteiger partial charge is 0.447 e. The lowest BCUT2D eigenvalue weighted by Crippen LogP contribution is -2.34. The number of nitrogens with one attached hydrogen (secondary N) is 2. The highest BCUT2D eigenvalue weighted by Gasteiger charge is 2.26. The van der Waals surface area contributed by atoms with Crippen LogP contribution in [0.1, 0.15) is 24.5 Å². The zero-order valence-electron chi connectivity index (χ0n) is 12.8. The average Bonchev–Trinajstić information content (AvgIpc) is 2.55. The van der Waals surface area contributed by atoms with Crippen LogP contribution >= 0.6 is 11.6 Å². The molecule has 0 spiro atoms. The van der Waals surface area contributed by atoms with E-state index in [1.54, 1.807) is 0 Å². The minimum absolute atomic E-state index is 0.0419. The Hall–Kier alpha value is -1.30. The third kappa shape index (κ3) is 5.16. The van der Waals surface area contributed by atoms with Crippen molar-refractivity contribution in [2.45, 2.75) is 18.9 Å². The molecule has 0 saturated carbocycles. The Morgan fingerprint density at radius 2 is 2.36 bits per heavy atom. The van der Waals surface area contributed by atoms with E-state index in [1.807, 2.05) is 24.3 Å². The fourth-order valence-corrected chi connectivity index (χ4v) is 2.91. The van der Waals surface area contributed by atoms with Gasteiger partial charge in [-0.2, -0.15) is 0 Å². The number of ether oxygens (including phenoxy) is 2. The van der Waals surface area contributed by atoms with Crippen molar-refractivity contribution in [2.75, 3.05) is 33.4 Å². The van der Waals surface area contributed by atoms with Crippen molar-refractivity contribution in [3.8, 4) is 0 Å². The minimum Gasteiger partial charge on any atom is -0.447 e. The summed E-state index contributed by atoms with van der Waals surface area (Å²) in [6.07, 6.45) is 1.77. The molecule has 1 aliphatic heterocycles. The number of hydrogen-bond acceptors (Lipinski definition) is 4. The van der Waals surface area contributed by atoms with E-state index in [0.29, 0.717) is 17.5 Å². The van der Waals surface area contributed by atoms with Crippen LogP contribution in [0.15, 0.2) is 24.3 Å². The van der Waals surface area contributed by atoms with Crippen LogP contribution in [0.3, 0.4) is 0 Å². The number of hydrogen-bond donors (Lipinski definition) is 2. The summed E-state index contributed by atoms with van der Waals surface area (Å²) in [6, 6.07) is 7.77. The number of benzene rings is 1. The Bertz CT molecular complexity index is 478. The van der Waals surface area contributed by atoms with E-state index in [2.05, 4.69) is 10.6 Å². The number of carbonyl (C=O) groups is 1. The van der Waals surface area contributed by atoms with Crippen molar-refractivity contribution >= 4 is 17.7 Å². The van der Waals surface area contributed by atoms with Crippen molar-refractivity contribution in [2.24, 2.45) is 5.92 Å². The van der Waals surface area contributed by atoms with E-state index >= 15 is 0 Å². The van der Waals surface area contributed by atoms with E-state index < -0.39 is 6.09 Å². The van der Waals surface area contributed by atoms with Crippen LogP contribution in [0.25, 0.3) is 0 Å². The Labute approximate surface area is 136 Å². The van der Waals surface area contributed by atoms with Crippen molar-refractivity contribution in [1.29, 1.82) is 0 Å². The molecule has 0 bridgehead atoms. The zero-order chi connectivity index (χ0) is 15.8. The molecule has 0 unspecified atom stereocenters. The first kappa shape index (κ1) is 17.1. The van der Waals surface area contributed by atoms with Crippen molar-refractivity contribution < 1.29 is 14.3 Å². The van der Waals surface area contributed by atoms with Gasteiger partial charge in [0.15, 0.2) is 0 Å². The first-order chi connectivity index (χ1) is 10.7. The summed E-state index contributed by atoms with van der Waals surface area (Å²) in [6.45, 7) is 2.57. The van der Waals surface area contributed by atoms with E-state index in [9.17, 15) is 4.79 Å². The number of carbonyl (C=O) groups excluding carboxylic acids is 1. The zero-order valence-corrected chi connectivity index (χ0v) is 13.6. The summed E-state index contributed by atoms with van der Waals surface area (Å²) in [5, 5.41) is 6.53. The van der Waals surface area contributed by atoms with Gasteiger partial charge in [-0.15, -0.1) is 0 Å². The Morgan fingerprint density at radius 3 is 3.05 bits per heavy atom. The summed E-state index contributed by atoms with van der Waals surface area (Å²) >= 11 is 6.10. The minimum atomic E-state index is -0.442. The lowest BCUT2D eigenvalue weighted by molar-refractivity contribution is -0.0162. The highest BCUT2D eigenvalue weighted by Crippen LogP contribution is 2.31. The first-order valence-corrected chi connectivity index (χ1v) is 8.01. The molecule has 1 heterocycles. The van der Waals surface area contributed by atoms with Gasteiger partial charge in [-0.1, -0.05) is 23.7 Å². The number of amides is 1. The van der Waals surface area contributed by atoms with E-state index in [0.717, 1.165) is 31.5 Å². The summed E-state index contributed by atoms with van der Waals surface area (Å²) in [5.74, 6) is 0.396. The van der Waals surface area contributed by atoms with Gasteiger partial charge in [0.1, 0.15) is 6.61 Å². The standard InChI is InChI=1S/C16H23ClN2O3/c1-18-16(20)22-9-8-21-15(13-5-3-7-19-11-13)12-4-2-6-14(17)10-12/h2,4,6,10,13,15,19H,3,5,7-9,11H2,1H3,(H,18,20)/t13-,15+/m1/s1. The van der Waals surface area contributed by atoms with Crippen LogP contribution in [0.4, 0.5) is 4.79 Å². The Kier molecular flexibility index (Phi) is 6.96. The average molecular weight is 327 g/mol. The molecular weight excluding hydrogens is 304 g/mol. The lowest BCUT2D eigenvalue weighted by atomic mass is 9.89. The van der Waals surface area contributed by atoms with Crippen molar-refractivity contribution in [3.05, 3.63) is 34.9 Å². The fraction of sp³-hybridized carbons (Fsp3) is 0.562. The van der Waals surface area contributed by atoms with Crippen molar-refractivity contribution in [1.82, 2.24) is 10.6 Å². The number of halogens is 1. The van der Waals surface area contributed by atoms with Gasteiger partial charge >= 0.3 is 6.09 Å². The summed E-state index contributed by atoms with van der Waals surface area (Å²) in [7, 11) is 1.53. The third-order valence-corrected chi connectivity index (χ3v) is 3.99. The van der Waals surface area contributed by atoms with E-state index in [1.165, 1.54) is 7.05 Å². The molecule has 122 valence electrons. The predicted octanol–water partition coefficient (Wildman–Crippen LogP) is 2.75. The molecule has 2 atom stereocenters. The van der Waals surface area contributed by atoms with Crippen LogP contribution in [0, 0.1) is 5.92 Å². The topological polar surface area (TPSA) is 59.6 Å². The molecular formula is C16H23ClN2O3. The van der Waals surface area contributed by atoms with Crippen molar-refractivity contribution in [3.63, 3.8) is 0 Å². The lowest BCUT2D eigenvalue weighted by Gasteiger charge is -2.31. The Balaban J connectivity index is 1.97. The van der Waals surface area contributed by atoms with E-state index in [4.69, 9.17) is 21.1 Å². The van der Waals surface area contributed by atoms with Gasteiger partial charge in [-0.3, -0.25) is 0 Å². The second-order valence-electron chi connectivity index (χ2n) is 5.34. The molecule has 1 fully saturated rings. The molecule has 1 aromatic rings. The highest BCUT2D eigenvalue weighted by molar-refractivity contribution is 6.30. The summed E-state index contributed by atoms with van der Waals surface area (Å²) < 4.78 is 11.0. The quantitative estimate of drug-likeness (QED) is 0.789. The monoisotopic (exact) mass is 326 g/mol. The normalized spacial score (nSPS) is 19.5. The summed E-state index contributed by atoms with van der Waals surface area (Å²) in [5.41, 5.74) is 1.07. The number of rotatable bonds is 6. The molecule has 6 heteroatoms. The van der Waals surface area contributed by atoms with Crippen LogP contribution in [-0.2, 0) is 9.47 Å². The summed E-state index contributed by atoms with van der Waals surface area (Å²) in [4.78, 5) is 11.1. The number of alkyl carbamates (subject to hydrolysis) is 1. The second kappa shape index (κ2) is 8.98. The molecule has 1 aromatic carbocycles. The Morgan fingerprint density at radius 1 is 1.50 bits per heavy atom. The third-order valence-electron chi connectivity index (χ3n) is 3.76. The molecule has 0 aliphatic carbocycles. The van der Waals surface area contributed by atoms with Crippen LogP contribution in [0.2, 0.25) is 5.02 Å². The molecule has 2 rings (SSSR count). The van der Waals surface area contributed by atoms with Gasteiger partial charge < -0.3 is 20.1 Å². The number of piperidine rings is 1. The smallest absolute Gasteiger partial charge is 0.406 e. The molecule has 5 nitrogen and oxygen atoms in total. The molecule has 0 aromatic heterocycles. The SMILES string of the molecule is CNC(=O)OCCO[C@@H](c1cccc(Cl)c1)[C@@H]1CCCNC1. The second-order valence-corrected chi connectivity index (χ2v) is 5.78. The molecule has 1 aliphatic rings. The maximum atomic E-state index is 11.1. The molecule has 2 N–H and O–H groups in total. The predicted molar refractivity (Wildman–Crippen MR) is 86.1 cm³/mol. The van der Waals surface area contributed by atoms with Gasteiger partial charge in [0, 0.05) is 24.5 Å². The van der Waals surface area contributed by atoms with Crippen LogP contribution < -0.4 is 10.6 Å². The highest BCUT2D eigenvalue weighted by atomic mass is 35.5.